The molecule has 1 aromatic heterocycles. The van der Waals surface area contributed by atoms with Crippen molar-refractivity contribution < 1.29 is 4.74 Å². The van der Waals surface area contributed by atoms with Crippen LogP contribution in [0, 0.1) is 11.3 Å². The molecule has 8 rings (SSSR count). The van der Waals surface area contributed by atoms with Gasteiger partial charge in [-0.15, -0.1) is 0 Å². The van der Waals surface area contributed by atoms with E-state index in [-0.39, 0.29) is 0 Å². The zero-order chi connectivity index (χ0) is 31.0. The maximum atomic E-state index is 9.42. The largest absolute Gasteiger partial charge is 0.497 e. The van der Waals surface area contributed by atoms with E-state index in [1.54, 1.807) is 7.11 Å². The monoisotopic (exact) mass is 592 g/mol. The van der Waals surface area contributed by atoms with Crippen molar-refractivity contribution in [2.75, 3.05) is 16.9 Å². The number of hydrogen-bond acceptors (Lipinski definition) is 5. The fourth-order valence-electron chi connectivity index (χ4n) is 6.35. The number of nitrogens with zero attached hydrogens (tertiary/aromatic N) is 4. The molecule has 0 atom stereocenters. The molecule has 0 spiro atoms. The highest BCUT2D eigenvalue weighted by Crippen LogP contribution is 2.55. The number of methoxy groups -OCH3 is 1. The van der Waals surface area contributed by atoms with Crippen LogP contribution >= 0.6 is 0 Å². The van der Waals surface area contributed by atoms with Crippen molar-refractivity contribution in [2.24, 2.45) is 0 Å². The third kappa shape index (κ3) is 4.52. The average molecular weight is 593 g/mol. The Morgan fingerprint density at radius 2 is 1.13 bits per heavy atom. The van der Waals surface area contributed by atoms with Gasteiger partial charge in [0, 0.05) is 16.6 Å². The number of rotatable bonds is 5. The van der Waals surface area contributed by atoms with Crippen molar-refractivity contribution in [1.82, 2.24) is 4.98 Å². The maximum absolute atomic E-state index is 9.42. The van der Waals surface area contributed by atoms with Gasteiger partial charge >= 0.3 is 0 Å². The second kappa shape index (κ2) is 11.3. The van der Waals surface area contributed by atoms with Crippen LogP contribution in [0.15, 0.2) is 152 Å². The molecule has 0 saturated heterocycles. The Balaban J connectivity index is 1.40. The molecule has 0 radical (unpaired) electrons. The van der Waals surface area contributed by atoms with Gasteiger partial charge in [-0.3, -0.25) is 0 Å². The molecule has 0 N–H and O–H groups in total. The van der Waals surface area contributed by atoms with Crippen LogP contribution in [0.5, 0.6) is 5.75 Å². The summed E-state index contributed by atoms with van der Waals surface area (Å²) in [5.74, 6) is 0.805. The standard InChI is InChI=1S/C41H28N4O/c1-46-32-24-22-29(23-25-32)34-26-35(30-20-18-28(27-42)19-21-30)43-41-33(34)12-9-17-40(41)45-38-15-7-5-13-36(38)44(31-10-3-2-4-11-31)37-14-6-8-16-39(37)45/h2-26H,1H3. The predicted octanol–water partition coefficient (Wildman–Crippen LogP) is 10.7. The Labute approximate surface area is 267 Å². The van der Waals surface area contributed by atoms with Crippen LogP contribution in [0.4, 0.5) is 34.1 Å². The van der Waals surface area contributed by atoms with Crippen LogP contribution in [0.25, 0.3) is 33.3 Å². The molecule has 0 saturated carbocycles. The van der Waals surface area contributed by atoms with Crippen LogP contribution in [0.2, 0.25) is 0 Å². The van der Waals surface area contributed by atoms with Gasteiger partial charge in [0.15, 0.2) is 0 Å². The fraction of sp³-hybridized carbons (Fsp3) is 0.0244. The summed E-state index contributed by atoms with van der Waals surface area (Å²) in [6.07, 6.45) is 0. The fourth-order valence-corrected chi connectivity index (χ4v) is 6.35. The number of benzene rings is 6. The van der Waals surface area contributed by atoms with Crippen molar-refractivity contribution in [3.63, 3.8) is 0 Å². The van der Waals surface area contributed by atoms with E-state index in [9.17, 15) is 5.26 Å². The summed E-state index contributed by atoms with van der Waals surface area (Å²) in [4.78, 5) is 10.0. The van der Waals surface area contributed by atoms with Crippen molar-refractivity contribution >= 4 is 45.0 Å². The smallest absolute Gasteiger partial charge is 0.118 e. The minimum atomic E-state index is 0.616. The van der Waals surface area contributed by atoms with E-state index < -0.39 is 0 Å². The maximum Gasteiger partial charge on any atom is 0.118 e. The van der Waals surface area contributed by atoms with Crippen molar-refractivity contribution in [3.8, 4) is 34.2 Å². The van der Waals surface area contributed by atoms with Gasteiger partial charge in [0.1, 0.15) is 5.75 Å². The Kier molecular flexibility index (Phi) is 6.67. The highest BCUT2D eigenvalue weighted by molar-refractivity contribution is 6.09. The number of aromatic nitrogens is 1. The average Bonchev–Trinajstić information content (AvgIpc) is 3.13. The third-order valence-corrected chi connectivity index (χ3v) is 8.51. The molecule has 1 aliphatic heterocycles. The summed E-state index contributed by atoms with van der Waals surface area (Å²) < 4.78 is 5.46. The molecule has 218 valence electrons. The second-order valence-corrected chi connectivity index (χ2v) is 11.1. The summed E-state index contributed by atoms with van der Waals surface area (Å²) in [5.41, 5.74) is 11.8. The molecule has 5 nitrogen and oxygen atoms in total. The van der Waals surface area contributed by atoms with Gasteiger partial charge in [0.25, 0.3) is 0 Å². The zero-order valence-electron chi connectivity index (χ0n) is 25.1. The normalized spacial score (nSPS) is 11.9. The van der Waals surface area contributed by atoms with Crippen LogP contribution < -0.4 is 14.5 Å². The molecule has 6 aromatic carbocycles. The molecule has 0 bridgehead atoms. The minimum Gasteiger partial charge on any atom is -0.497 e. The Morgan fingerprint density at radius 1 is 0.565 bits per heavy atom. The van der Waals surface area contributed by atoms with Crippen molar-refractivity contribution in [2.45, 2.75) is 0 Å². The van der Waals surface area contributed by atoms with E-state index in [2.05, 4.69) is 125 Å². The van der Waals surface area contributed by atoms with Crippen LogP contribution in [0.1, 0.15) is 5.56 Å². The summed E-state index contributed by atoms with van der Waals surface area (Å²) in [5, 5.41) is 10.5. The summed E-state index contributed by atoms with van der Waals surface area (Å²) in [7, 11) is 1.68. The van der Waals surface area contributed by atoms with E-state index in [0.29, 0.717) is 5.56 Å². The lowest BCUT2D eigenvalue weighted by Crippen LogP contribution is -2.24. The number of hydrogen-bond donors (Lipinski definition) is 0. The molecule has 2 heterocycles. The summed E-state index contributed by atoms with van der Waals surface area (Å²) in [6, 6.07) is 54.1. The van der Waals surface area contributed by atoms with Gasteiger partial charge in [-0.05, 0) is 83.9 Å². The van der Waals surface area contributed by atoms with Gasteiger partial charge in [0.2, 0.25) is 0 Å². The van der Waals surface area contributed by atoms with Crippen LogP contribution in [-0.4, -0.2) is 12.1 Å². The highest BCUT2D eigenvalue weighted by Gasteiger charge is 2.31. The molecule has 5 heteroatoms. The van der Waals surface area contributed by atoms with Crippen LogP contribution in [0.3, 0.4) is 0 Å². The Hall–Kier alpha value is -6.38. The first kappa shape index (κ1) is 27.2. The van der Waals surface area contributed by atoms with Gasteiger partial charge in [-0.2, -0.15) is 5.26 Å². The van der Waals surface area contributed by atoms with E-state index in [1.807, 2.05) is 42.5 Å². The molecular weight excluding hydrogens is 564 g/mol. The predicted molar refractivity (Wildman–Crippen MR) is 187 cm³/mol. The van der Waals surface area contributed by atoms with Gasteiger partial charge in [0.05, 0.1) is 58.4 Å². The molecule has 0 amide bonds. The third-order valence-electron chi connectivity index (χ3n) is 8.51. The Morgan fingerprint density at radius 3 is 1.74 bits per heavy atom. The van der Waals surface area contributed by atoms with E-state index in [0.717, 1.165) is 73.2 Å². The zero-order valence-corrected chi connectivity index (χ0v) is 25.1. The minimum absolute atomic E-state index is 0.616. The topological polar surface area (TPSA) is 52.4 Å². The molecule has 7 aromatic rings. The number of fused-ring (bicyclic) bond motifs is 3. The van der Waals surface area contributed by atoms with Gasteiger partial charge in [-0.1, -0.05) is 78.9 Å². The first-order valence-corrected chi connectivity index (χ1v) is 15.2. The quantitative estimate of drug-likeness (QED) is 0.199. The summed E-state index contributed by atoms with van der Waals surface area (Å²) >= 11 is 0. The lowest BCUT2D eigenvalue weighted by molar-refractivity contribution is 0.415. The number of ether oxygens (including phenoxy) is 1. The molecule has 0 aliphatic carbocycles. The summed E-state index contributed by atoms with van der Waals surface area (Å²) in [6.45, 7) is 0. The van der Waals surface area contributed by atoms with Crippen LogP contribution in [-0.2, 0) is 0 Å². The van der Waals surface area contributed by atoms with E-state index in [1.165, 1.54) is 0 Å². The number of pyridine rings is 1. The lowest BCUT2D eigenvalue weighted by Gasteiger charge is -2.40. The molecule has 0 unspecified atom stereocenters. The lowest BCUT2D eigenvalue weighted by atomic mass is 9.96. The molecule has 46 heavy (non-hydrogen) atoms. The number of anilines is 6. The van der Waals surface area contributed by atoms with Gasteiger partial charge in [-0.25, -0.2) is 4.98 Å². The van der Waals surface area contributed by atoms with Gasteiger partial charge < -0.3 is 14.5 Å². The highest BCUT2D eigenvalue weighted by atomic mass is 16.5. The van der Waals surface area contributed by atoms with E-state index in [4.69, 9.17) is 9.72 Å². The second-order valence-electron chi connectivity index (χ2n) is 11.1. The molecule has 0 fully saturated rings. The first-order valence-electron chi connectivity index (χ1n) is 15.2. The van der Waals surface area contributed by atoms with E-state index >= 15 is 0 Å². The molecular formula is C41H28N4O. The van der Waals surface area contributed by atoms with Crippen molar-refractivity contribution in [1.29, 1.82) is 5.26 Å². The Bertz CT molecular complexity index is 2210. The first-order chi connectivity index (χ1) is 22.7. The molecule has 1 aliphatic rings. The number of nitriles is 1. The van der Waals surface area contributed by atoms with Crippen molar-refractivity contribution in [3.05, 3.63) is 157 Å². The number of para-hydroxylation sites is 6. The SMILES string of the molecule is COc1ccc(-c2cc(-c3ccc(C#N)cc3)nc3c(N4c5ccccc5N(c5ccccc5)c5ccccc54)cccc23)cc1.